The molecule has 0 saturated heterocycles. The van der Waals surface area contributed by atoms with Crippen LogP contribution in [0, 0.1) is 5.92 Å². The molecule has 2 unspecified atom stereocenters. The highest BCUT2D eigenvalue weighted by molar-refractivity contribution is 4.71. The van der Waals surface area contributed by atoms with Crippen LogP contribution in [0.5, 0.6) is 0 Å². The van der Waals surface area contributed by atoms with Gasteiger partial charge in [0.1, 0.15) is 0 Å². The summed E-state index contributed by atoms with van der Waals surface area (Å²) in [4.78, 5) is 4.55. The van der Waals surface area contributed by atoms with E-state index in [1.165, 1.54) is 0 Å². The maximum atomic E-state index is 5.67. The SMILES string of the molecule is CC(C)C(N)C(C)ON. The van der Waals surface area contributed by atoms with E-state index in [1.54, 1.807) is 0 Å². The van der Waals surface area contributed by atoms with Crippen LogP contribution < -0.4 is 11.6 Å². The quantitative estimate of drug-likeness (QED) is 0.541. The third-order valence-electron chi connectivity index (χ3n) is 1.53. The number of rotatable bonds is 3. The van der Waals surface area contributed by atoms with E-state index in [2.05, 4.69) is 4.84 Å². The van der Waals surface area contributed by atoms with Crippen molar-refractivity contribution in [2.75, 3.05) is 0 Å². The van der Waals surface area contributed by atoms with Gasteiger partial charge in [0.15, 0.2) is 0 Å². The highest BCUT2D eigenvalue weighted by Gasteiger charge is 2.15. The second-order valence-electron chi connectivity index (χ2n) is 2.66. The third-order valence-corrected chi connectivity index (χ3v) is 1.53. The van der Waals surface area contributed by atoms with E-state index in [0.29, 0.717) is 5.92 Å². The van der Waals surface area contributed by atoms with E-state index in [-0.39, 0.29) is 12.1 Å². The summed E-state index contributed by atoms with van der Waals surface area (Å²) in [7, 11) is 0. The van der Waals surface area contributed by atoms with Gasteiger partial charge in [0.25, 0.3) is 0 Å². The Bertz CT molecular complexity index is 75.5. The van der Waals surface area contributed by atoms with Crippen LogP contribution in [0.2, 0.25) is 0 Å². The molecular formula is C6H16N2O. The lowest BCUT2D eigenvalue weighted by atomic mass is 10.0. The van der Waals surface area contributed by atoms with E-state index in [1.807, 2.05) is 20.8 Å². The van der Waals surface area contributed by atoms with Crippen molar-refractivity contribution in [2.24, 2.45) is 17.5 Å². The van der Waals surface area contributed by atoms with Crippen LogP contribution in [-0.4, -0.2) is 12.1 Å². The normalized spacial score (nSPS) is 18.0. The van der Waals surface area contributed by atoms with Crippen LogP contribution in [-0.2, 0) is 4.84 Å². The minimum absolute atomic E-state index is 0.0370. The molecule has 0 aromatic heterocycles. The summed E-state index contributed by atoms with van der Waals surface area (Å²) in [5.41, 5.74) is 5.67. The van der Waals surface area contributed by atoms with Crippen molar-refractivity contribution in [3.63, 3.8) is 0 Å². The van der Waals surface area contributed by atoms with E-state index in [9.17, 15) is 0 Å². The summed E-state index contributed by atoms with van der Waals surface area (Å²) >= 11 is 0. The van der Waals surface area contributed by atoms with Gasteiger partial charge in [0, 0.05) is 6.04 Å². The van der Waals surface area contributed by atoms with Crippen LogP contribution in [0.1, 0.15) is 20.8 Å². The highest BCUT2D eigenvalue weighted by atomic mass is 16.6. The Morgan fingerprint density at radius 1 is 1.22 bits per heavy atom. The van der Waals surface area contributed by atoms with E-state index >= 15 is 0 Å². The maximum Gasteiger partial charge on any atom is 0.0912 e. The van der Waals surface area contributed by atoms with Crippen molar-refractivity contribution < 1.29 is 4.84 Å². The molecule has 0 aromatic carbocycles. The first kappa shape index (κ1) is 8.88. The molecule has 0 bridgehead atoms. The molecule has 56 valence electrons. The lowest BCUT2D eigenvalue weighted by molar-refractivity contribution is 0.0374. The summed E-state index contributed by atoms with van der Waals surface area (Å²) in [5, 5.41) is 0. The molecule has 0 spiro atoms. The fourth-order valence-corrected chi connectivity index (χ4v) is 0.633. The molecule has 3 nitrogen and oxygen atoms in total. The zero-order valence-corrected chi connectivity index (χ0v) is 6.29. The average Bonchev–Trinajstić information content (AvgIpc) is 1.84. The molecule has 0 aliphatic heterocycles. The summed E-state index contributed by atoms with van der Waals surface area (Å²) in [5.74, 6) is 5.35. The lowest BCUT2D eigenvalue weighted by Crippen LogP contribution is -2.40. The van der Waals surface area contributed by atoms with Crippen molar-refractivity contribution in [3.8, 4) is 0 Å². The second kappa shape index (κ2) is 3.82. The van der Waals surface area contributed by atoms with Crippen LogP contribution >= 0.6 is 0 Å². The predicted molar refractivity (Wildman–Crippen MR) is 37.5 cm³/mol. The van der Waals surface area contributed by atoms with Gasteiger partial charge in [-0.15, -0.1) is 0 Å². The first-order chi connectivity index (χ1) is 4.09. The monoisotopic (exact) mass is 132 g/mol. The largest absolute Gasteiger partial charge is 0.325 e. The zero-order chi connectivity index (χ0) is 7.44. The molecule has 0 aromatic rings. The van der Waals surface area contributed by atoms with Crippen molar-refractivity contribution in [3.05, 3.63) is 0 Å². The van der Waals surface area contributed by atoms with Crippen molar-refractivity contribution in [2.45, 2.75) is 32.9 Å². The van der Waals surface area contributed by atoms with Gasteiger partial charge >= 0.3 is 0 Å². The minimum atomic E-state index is -0.0509. The van der Waals surface area contributed by atoms with Crippen LogP contribution in [0.15, 0.2) is 0 Å². The molecule has 0 aliphatic carbocycles. The van der Waals surface area contributed by atoms with E-state index in [0.717, 1.165) is 0 Å². The lowest BCUT2D eigenvalue weighted by Gasteiger charge is -2.20. The fraction of sp³-hybridized carbons (Fsp3) is 1.00. The van der Waals surface area contributed by atoms with Gasteiger partial charge in [-0.25, -0.2) is 5.90 Å². The molecule has 0 heterocycles. The Morgan fingerprint density at radius 3 is 1.78 bits per heavy atom. The number of nitrogens with two attached hydrogens (primary N) is 2. The fourth-order valence-electron chi connectivity index (χ4n) is 0.633. The van der Waals surface area contributed by atoms with Gasteiger partial charge in [0.05, 0.1) is 6.10 Å². The Balaban J connectivity index is 3.58. The molecule has 2 atom stereocenters. The predicted octanol–water partition coefficient (Wildman–Crippen LogP) is 0.249. The second-order valence-corrected chi connectivity index (χ2v) is 2.66. The van der Waals surface area contributed by atoms with Gasteiger partial charge in [-0.05, 0) is 12.8 Å². The summed E-state index contributed by atoms with van der Waals surface area (Å²) in [6.07, 6.45) is -0.0509. The summed E-state index contributed by atoms with van der Waals surface area (Å²) in [6.45, 7) is 5.95. The molecule has 0 rings (SSSR count). The first-order valence-corrected chi connectivity index (χ1v) is 3.20. The van der Waals surface area contributed by atoms with Crippen molar-refractivity contribution in [1.82, 2.24) is 0 Å². The number of hydrogen-bond donors (Lipinski definition) is 2. The van der Waals surface area contributed by atoms with Crippen LogP contribution in [0.3, 0.4) is 0 Å². The highest BCUT2D eigenvalue weighted by Crippen LogP contribution is 2.03. The molecule has 9 heavy (non-hydrogen) atoms. The molecule has 3 heteroatoms. The summed E-state index contributed by atoms with van der Waals surface area (Å²) in [6, 6.07) is 0.0370. The molecular weight excluding hydrogens is 116 g/mol. The number of hydrogen-bond acceptors (Lipinski definition) is 3. The molecule has 0 amide bonds. The van der Waals surface area contributed by atoms with Crippen LogP contribution in [0.25, 0.3) is 0 Å². The summed E-state index contributed by atoms with van der Waals surface area (Å²) < 4.78 is 0. The Morgan fingerprint density at radius 2 is 1.67 bits per heavy atom. The van der Waals surface area contributed by atoms with Gasteiger partial charge < -0.3 is 5.73 Å². The van der Waals surface area contributed by atoms with E-state index < -0.39 is 0 Å². The minimum Gasteiger partial charge on any atom is -0.325 e. The Labute approximate surface area is 56.3 Å². The molecule has 0 saturated carbocycles. The first-order valence-electron chi connectivity index (χ1n) is 3.20. The van der Waals surface area contributed by atoms with Gasteiger partial charge in [-0.3, -0.25) is 4.84 Å². The molecule has 0 aliphatic rings. The average molecular weight is 132 g/mol. The third kappa shape index (κ3) is 2.79. The standard InChI is InChI=1S/C6H16N2O/c1-4(2)6(7)5(3)9-8/h4-6H,7-8H2,1-3H3. The molecule has 0 fully saturated rings. The van der Waals surface area contributed by atoms with Crippen molar-refractivity contribution in [1.29, 1.82) is 0 Å². The van der Waals surface area contributed by atoms with Gasteiger partial charge in [0.2, 0.25) is 0 Å². The zero-order valence-electron chi connectivity index (χ0n) is 6.29. The van der Waals surface area contributed by atoms with Gasteiger partial charge in [-0.2, -0.15) is 0 Å². The Kier molecular flexibility index (Phi) is 3.77. The van der Waals surface area contributed by atoms with Crippen LogP contribution in [0.4, 0.5) is 0 Å². The smallest absolute Gasteiger partial charge is 0.0912 e. The Hall–Kier alpha value is -0.120. The topological polar surface area (TPSA) is 61.3 Å². The molecule has 0 radical (unpaired) electrons. The van der Waals surface area contributed by atoms with Gasteiger partial charge in [-0.1, -0.05) is 13.8 Å². The molecule has 4 N–H and O–H groups in total. The maximum absolute atomic E-state index is 5.67. The van der Waals surface area contributed by atoms with Crippen molar-refractivity contribution >= 4 is 0 Å². The van der Waals surface area contributed by atoms with E-state index in [4.69, 9.17) is 11.6 Å².